The van der Waals surface area contributed by atoms with Crippen LogP contribution in [0.1, 0.15) is 31.7 Å². The molecule has 2 atom stereocenters. The first-order chi connectivity index (χ1) is 8.58. The molecule has 2 rings (SSSR count). The first kappa shape index (κ1) is 13.3. The monoisotopic (exact) mass is 266 g/mol. The fraction of sp³-hybridized carbons (Fsp3) is 0.500. The topological polar surface area (TPSA) is 38.0 Å². The normalized spacial score (nSPS) is 23.0. The molecule has 2 nitrogen and oxygen atoms in total. The van der Waals surface area contributed by atoms with E-state index in [1.54, 1.807) is 6.07 Å². The van der Waals surface area contributed by atoms with Crippen molar-refractivity contribution in [3.05, 3.63) is 29.6 Å². The first-order valence-electron chi connectivity index (χ1n) is 6.40. The molecule has 0 spiro atoms. The first-order valence-corrected chi connectivity index (χ1v) is 6.81. The van der Waals surface area contributed by atoms with Crippen LogP contribution < -0.4 is 11.1 Å². The fourth-order valence-electron chi connectivity index (χ4n) is 2.69. The van der Waals surface area contributed by atoms with Gasteiger partial charge < -0.3 is 11.1 Å². The van der Waals surface area contributed by atoms with Gasteiger partial charge in [-0.05, 0) is 36.8 Å². The van der Waals surface area contributed by atoms with Crippen LogP contribution in [-0.2, 0) is 0 Å². The summed E-state index contributed by atoms with van der Waals surface area (Å²) < 4.78 is 13.7. The van der Waals surface area contributed by atoms with Gasteiger partial charge in [0.05, 0.1) is 5.56 Å². The molecule has 0 bridgehead atoms. The van der Waals surface area contributed by atoms with E-state index >= 15 is 0 Å². The van der Waals surface area contributed by atoms with E-state index in [0.717, 1.165) is 12.5 Å². The van der Waals surface area contributed by atoms with E-state index in [1.165, 1.54) is 25.3 Å². The van der Waals surface area contributed by atoms with E-state index < -0.39 is 0 Å². The number of halogens is 1. The molecule has 1 aromatic carbocycles. The molecule has 0 aliphatic heterocycles. The molecule has 0 heterocycles. The minimum atomic E-state index is -0.354. The van der Waals surface area contributed by atoms with E-state index in [9.17, 15) is 4.39 Å². The van der Waals surface area contributed by atoms with Crippen LogP contribution in [0, 0.1) is 17.7 Å². The summed E-state index contributed by atoms with van der Waals surface area (Å²) in [4.78, 5) is 0.107. The summed E-state index contributed by atoms with van der Waals surface area (Å²) in [6, 6.07) is 4.89. The van der Waals surface area contributed by atoms with Crippen LogP contribution in [0.2, 0.25) is 0 Å². The van der Waals surface area contributed by atoms with Gasteiger partial charge in [0.25, 0.3) is 0 Å². The van der Waals surface area contributed by atoms with Gasteiger partial charge in [0.1, 0.15) is 10.8 Å². The van der Waals surface area contributed by atoms with Crippen LogP contribution >= 0.6 is 12.2 Å². The number of anilines is 1. The van der Waals surface area contributed by atoms with Crippen LogP contribution in [0.25, 0.3) is 0 Å². The molecular weight excluding hydrogens is 247 g/mol. The quantitative estimate of drug-likeness (QED) is 0.821. The second-order valence-electron chi connectivity index (χ2n) is 5.19. The van der Waals surface area contributed by atoms with Crippen LogP contribution in [-0.4, -0.2) is 11.5 Å². The van der Waals surface area contributed by atoms with Crippen molar-refractivity contribution in [2.24, 2.45) is 17.6 Å². The molecule has 0 radical (unpaired) electrons. The van der Waals surface area contributed by atoms with Crippen LogP contribution in [0.5, 0.6) is 0 Å². The van der Waals surface area contributed by atoms with Gasteiger partial charge in [-0.1, -0.05) is 31.6 Å². The number of nitrogens with one attached hydrogen (secondary N) is 1. The molecular formula is C14H19FN2S. The summed E-state index contributed by atoms with van der Waals surface area (Å²) in [5.74, 6) is 1.12. The zero-order valence-corrected chi connectivity index (χ0v) is 11.4. The molecule has 1 aliphatic carbocycles. The minimum absolute atomic E-state index is 0.107. The Labute approximate surface area is 113 Å². The Bertz CT molecular complexity index is 447. The summed E-state index contributed by atoms with van der Waals surface area (Å²) in [6.45, 7) is 3.14. The molecule has 0 saturated heterocycles. The third-order valence-corrected chi connectivity index (χ3v) is 3.85. The van der Waals surface area contributed by atoms with Crippen molar-refractivity contribution in [3.8, 4) is 0 Å². The average Bonchev–Trinajstić information content (AvgIpc) is 2.72. The molecule has 1 saturated carbocycles. The molecule has 1 fully saturated rings. The van der Waals surface area contributed by atoms with Crippen LogP contribution in [0.15, 0.2) is 18.2 Å². The summed E-state index contributed by atoms with van der Waals surface area (Å²) in [7, 11) is 0. The van der Waals surface area contributed by atoms with Gasteiger partial charge in [0, 0.05) is 12.2 Å². The molecule has 18 heavy (non-hydrogen) atoms. The SMILES string of the molecule is CC1CCC(CNc2cccc(F)c2C(N)=S)C1. The zero-order valence-electron chi connectivity index (χ0n) is 10.6. The van der Waals surface area contributed by atoms with E-state index in [0.29, 0.717) is 17.2 Å². The fourth-order valence-corrected chi connectivity index (χ4v) is 2.89. The molecule has 98 valence electrons. The number of hydrogen-bond donors (Lipinski definition) is 2. The lowest BCUT2D eigenvalue weighted by molar-refractivity contribution is 0.537. The second-order valence-corrected chi connectivity index (χ2v) is 5.63. The smallest absolute Gasteiger partial charge is 0.135 e. The maximum absolute atomic E-state index is 13.7. The average molecular weight is 266 g/mol. The molecule has 1 aromatic rings. The molecule has 2 unspecified atom stereocenters. The Morgan fingerprint density at radius 2 is 2.28 bits per heavy atom. The van der Waals surface area contributed by atoms with E-state index in [4.69, 9.17) is 18.0 Å². The van der Waals surface area contributed by atoms with Crippen molar-refractivity contribution in [1.82, 2.24) is 0 Å². The highest BCUT2D eigenvalue weighted by atomic mass is 32.1. The number of nitrogens with two attached hydrogens (primary N) is 1. The number of rotatable bonds is 4. The van der Waals surface area contributed by atoms with Gasteiger partial charge in [-0.2, -0.15) is 0 Å². The lowest BCUT2D eigenvalue weighted by Crippen LogP contribution is -2.18. The van der Waals surface area contributed by atoms with Crippen molar-refractivity contribution < 1.29 is 4.39 Å². The highest BCUT2D eigenvalue weighted by Crippen LogP contribution is 2.30. The summed E-state index contributed by atoms with van der Waals surface area (Å²) in [5.41, 5.74) is 6.61. The molecule has 1 aliphatic rings. The third-order valence-electron chi connectivity index (χ3n) is 3.64. The van der Waals surface area contributed by atoms with E-state index in [1.807, 2.05) is 6.07 Å². The lowest BCUT2D eigenvalue weighted by atomic mass is 10.1. The summed E-state index contributed by atoms with van der Waals surface area (Å²) in [5, 5.41) is 3.29. The van der Waals surface area contributed by atoms with Gasteiger partial charge in [-0.25, -0.2) is 4.39 Å². The predicted octanol–water partition coefficient (Wildman–Crippen LogP) is 3.31. The van der Waals surface area contributed by atoms with Crippen molar-refractivity contribution in [2.45, 2.75) is 26.2 Å². The van der Waals surface area contributed by atoms with Gasteiger partial charge in [0.2, 0.25) is 0 Å². The van der Waals surface area contributed by atoms with E-state index in [-0.39, 0.29) is 10.8 Å². The molecule has 4 heteroatoms. The van der Waals surface area contributed by atoms with Gasteiger partial charge in [-0.3, -0.25) is 0 Å². The van der Waals surface area contributed by atoms with Crippen LogP contribution in [0.3, 0.4) is 0 Å². The molecule has 0 amide bonds. The van der Waals surface area contributed by atoms with Gasteiger partial charge in [0.15, 0.2) is 0 Å². The third kappa shape index (κ3) is 2.99. The second kappa shape index (κ2) is 5.65. The van der Waals surface area contributed by atoms with Crippen molar-refractivity contribution in [3.63, 3.8) is 0 Å². The van der Waals surface area contributed by atoms with Crippen molar-refractivity contribution in [2.75, 3.05) is 11.9 Å². The van der Waals surface area contributed by atoms with Crippen molar-refractivity contribution >= 4 is 22.9 Å². The Hall–Kier alpha value is -1.16. The highest BCUT2D eigenvalue weighted by molar-refractivity contribution is 7.80. The maximum Gasteiger partial charge on any atom is 0.135 e. The summed E-state index contributed by atoms with van der Waals surface area (Å²) >= 11 is 4.90. The minimum Gasteiger partial charge on any atom is -0.389 e. The number of thiocarbonyl (C=S) groups is 1. The summed E-state index contributed by atoms with van der Waals surface area (Å²) in [6.07, 6.45) is 3.77. The Kier molecular flexibility index (Phi) is 4.17. The van der Waals surface area contributed by atoms with E-state index in [2.05, 4.69) is 12.2 Å². The highest BCUT2D eigenvalue weighted by Gasteiger charge is 2.21. The molecule has 3 N–H and O–H groups in total. The zero-order chi connectivity index (χ0) is 13.1. The predicted molar refractivity (Wildman–Crippen MR) is 77.3 cm³/mol. The number of hydrogen-bond acceptors (Lipinski definition) is 2. The Balaban J connectivity index is 2.05. The standard InChI is InChI=1S/C14H19FN2S/c1-9-5-6-10(7-9)8-17-12-4-2-3-11(15)13(12)14(16)18/h2-4,9-10,17H,5-8H2,1H3,(H2,16,18). The van der Waals surface area contributed by atoms with Gasteiger partial charge >= 0.3 is 0 Å². The Morgan fingerprint density at radius 3 is 2.89 bits per heavy atom. The largest absolute Gasteiger partial charge is 0.389 e. The maximum atomic E-state index is 13.7. The lowest BCUT2D eigenvalue weighted by Gasteiger charge is -2.15. The Morgan fingerprint density at radius 1 is 1.50 bits per heavy atom. The molecule has 0 aromatic heterocycles. The van der Waals surface area contributed by atoms with Crippen LogP contribution in [0.4, 0.5) is 10.1 Å². The van der Waals surface area contributed by atoms with Gasteiger partial charge in [-0.15, -0.1) is 0 Å². The number of benzene rings is 1. The van der Waals surface area contributed by atoms with Crippen molar-refractivity contribution in [1.29, 1.82) is 0 Å².